The van der Waals surface area contributed by atoms with E-state index in [2.05, 4.69) is 0 Å². The zero-order valence-corrected chi connectivity index (χ0v) is 17.8. The maximum atomic E-state index is 9.47. The van der Waals surface area contributed by atoms with E-state index < -0.39 is 32.7 Å². The van der Waals surface area contributed by atoms with Gasteiger partial charge in [-0.3, -0.25) is 9.11 Å². The van der Waals surface area contributed by atoms with Gasteiger partial charge in [0.2, 0.25) is 20.8 Å². The van der Waals surface area contributed by atoms with Crippen LogP contribution in [0.3, 0.4) is 0 Å². The molecule has 0 aromatic rings. The van der Waals surface area contributed by atoms with E-state index in [1.54, 1.807) is 0 Å². The first-order valence-corrected chi connectivity index (χ1v) is 5.70. The van der Waals surface area contributed by atoms with Crippen LogP contribution in [-0.2, 0) is 30.4 Å². The van der Waals surface area contributed by atoms with E-state index in [1.807, 2.05) is 0 Å². The number of carboxylic acids is 2. The molecule has 0 unspecified atom stereocenters. The summed E-state index contributed by atoms with van der Waals surface area (Å²) in [6, 6.07) is 0. The Morgan fingerprint density at radius 1 is 0.750 bits per heavy atom. The summed E-state index contributed by atoms with van der Waals surface area (Å²) >= 11 is 0. The van der Waals surface area contributed by atoms with Gasteiger partial charge in [0.1, 0.15) is 0 Å². The van der Waals surface area contributed by atoms with Crippen molar-refractivity contribution in [3.05, 3.63) is 0 Å². The Balaban J connectivity index is -0.0000000558. The molecular weight excluding hydrogens is 382 g/mol. The van der Waals surface area contributed by atoms with Crippen LogP contribution in [0.4, 0.5) is 0 Å². The van der Waals surface area contributed by atoms with Gasteiger partial charge in [-0.15, -0.1) is 0 Å². The van der Waals surface area contributed by atoms with Crippen LogP contribution in [0.1, 0.15) is 0 Å². The van der Waals surface area contributed by atoms with Gasteiger partial charge in [-0.2, -0.15) is 0 Å². The summed E-state index contributed by atoms with van der Waals surface area (Å²) in [7, 11) is -9.83. The van der Waals surface area contributed by atoms with Gasteiger partial charge in [-0.25, -0.2) is 26.4 Å². The maximum Gasteiger partial charge on any atom is 1.00 e. The second kappa shape index (κ2) is 16.9. The minimum atomic E-state index is -4.92. The summed E-state index contributed by atoms with van der Waals surface area (Å²) in [5.41, 5.74) is 0. The summed E-state index contributed by atoms with van der Waals surface area (Å²) in [5.74, 6) is -0.0511. The van der Waals surface area contributed by atoms with Gasteiger partial charge in [0.05, 0.1) is 0 Å². The minimum absolute atomic E-state index is 0. The molecule has 0 aromatic carbocycles. The third-order valence-electron chi connectivity index (χ3n) is 0.276. The van der Waals surface area contributed by atoms with Crippen LogP contribution in [0.15, 0.2) is 0 Å². The van der Waals surface area contributed by atoms with Crippen molar-refractivity contribution < 1.29 is 158 Å². The number of rotatable bonds is 0. The normalized spacial score (nSPS) is 8.40. The van der Waals surface area contributed by atoms with Gasteiger partial charge in [-0.05, 0) is 0 Å². The van der Waals surface area contributed by atoms with Crippen LogP contribution in [0.2, 0.25) is 0 Å². The fourth-order valence-electron chi connectivity index (χ4n) is 0.107. The summed E-state index contributed by atoms with van der Waals surface area (Å²) in [4.78, 5) is 18.9. The van der Waals surface area contributed by atoms with Gasteiger partial charge in [0.15, 0.2) is 0 Å². The molecule has 0 fully saturated rings. The number of carbonyl (C=O) groups is 2. The molecule has 0 bridgehead atoms. The summed E-state index contributed by atoms with van der Waals surface area (Å²) in [6.45, 7) is 0. The average molecular weight is 386 g/mol. The summed E-state index contributed by atoms with van der Waals surface area (Å²) < 4.78 is 65.7. The van der Waals surface area contributed by atoms with E-state index in [0.717, 1.165) is 0 Å². The van der Waals surface area contributed by atoms with Crippen molar-refractivity contribution in [1.29, 1.82) is 0 Å². The monoisotopic (exact) mass is 386 g/mol. The van der Waals surface area contributed by atoms with Crippen molar-refractivity contribution >= 4 is 32.7 Å². The Hall–Kier alpha value is 1.51. The first kappa shape index (κ1) is 33.2. The van der Waals surface area contributed by atoms with Crippen LogP contribution < -0.4 is 103 Å². The van der Waals surface area contributed by atoms with Crippen LogP contribution in [0, 0.1) is 11.8 Å². The molecule has 0 atom stereocenters. The molecule has 0 amide bonds. The van der Waals surface area contributed by atoms with Gasteiger partial charge in [-0.1, -0.05) is 0 Å². The molecule has 16 heteroatoms. The molecule has 0 rings (SSSR count). The Kier molecular flexibility index (Phi) is 28.0. The van der Waals surface area contributed by atoms with E-state index in [9.17, 15) is 9.59 Å². The summed E-state index contributed by atoms with van der Waals surface area (Å²) in [6.07, 6.45) is 0. The molecule has 106 valence electrons. The third kappa shape index (κ3) is 158. The van der Waals surface area contributed by atoms with Crippen LogP contribution in [-0.4, -0.2) is 57.2 Å². The van der Waals surface area contributed by atoms with Crippen molar-refractivity contribution in [1.82, 2.24) is 0 Å². The smallest absolute Gasteiger partial charge is 0.726 e. The number of hydrogen-bond acceptors (Lipinski definition) is 8. The molecule has 0 spiro atoms. The van der Waals surface area contributed by atoms with Gasteiger partial charge in [0.25, 0.3) is 0 Å². The number of aliphatic carboxylic acids is 2. The molecule has 20 heavy (non-hydrogen) atoms. The van der Waals surface area contributed by atoms with Crippen LogP contribution >= 0.6 is 0 Å². The summed E-state index contributed by atoms with van der Waals surface area (Å²) in [5, 5.41) is 15.5. The van der Waals surface area contributed by atoms with Crippen molar-refractivity contribution in [2.24, 2.45) is 0 Å². The van der Waals surface area contributed by atoms with Gasteiger partial charge >= 0.3 is 115 Å². The SMILES string of the molecule is O=C(O)C#CC(=O)O.O=S(=O)([O-])O.O=S(=O)([O-])O.[K+].[K+]. The fourth-order valence-corrected chi connectivity index (χ4v) is 0.107. The van der Waals surface area contributed by atoms with Crippen molar-refractivity contribution in [2.45, 2.75) is 0 Å². The van der Waals surface area contributed by atoms with Gasteiger partial charge in [0, 0.05) is 11.8 Å². The number of hydrogen-bond donors (Lipinski definition) is 4. The predicted molar refractivity (Wildman–Crippen MR) is 47.7 cm³/mol. The Labute approximate surface area is 198 Å². The first-order chi connectivity index (χ1) is 7.63. The average Bonchev–Trinajstić information content (AvgIpc) is 1.93. The third-order valence-corrected chi connectivity index (χ3v) is 0.276. The van der Waals surface area contributed by atoms with Crippen LogP contribution in [0.5, 0.6) is 0 Å². The van der Waals surface area contributed by atoms with Gasteiger partial charge < -0.3 is 19.3 Å². The molecule has 12 nitrogen and oxygen atoms in total. The molecule has 0 aliphatic rings. The van der Waals surface area contributed by atoms with Crippen LogP contribution in [0.25, 0.3) is 0 Å². The molecule has 0 saturated heterocycles. The van der Waals surface area contributed by atoms with E-state index in [-0.39, 0.29) is 103 Å². The molecule has 0 radical (unpaired) electrons. The maximum absolute atomic E-state index is 9.47. The minimum Gasteiger partial charge on any atom is -0.726 e. The zero-order valence-electron chi connectivity index (χ0n) is 9.87. The molecular formula is C4H4K2O12S2. The largest absolute Gasteiger partial charge is 1.00 e. The second-order valence-corrected chi connectivity index (χ2v) is 3.43. The van der Waals surface area contributed by atoms with E-state index in [4.69, 9.17) is 45.3 Å². The predicted octanol–water partition coefficient (Wildman–Crippen LogP) is -8.82. The molecule has 0 heterocycles. The van der Waals surface area contributed by atoms with E-state index in [1.165, 1.54) is 11.8 Å². The van der Waals surface area contributed by atoms with Crippen molar-refractivity contribution in [3.8, 4) is 11.8 Å². The topological polar surface area (TPSA) is 229 Å². The van der Waals surface area contributed by atoms with E-state index in [0.29, 0.717) is 0 Å². The number of carboxylic acid groups (broad SMARTS) is 2. The van der Waals surface area contributed by atoms with Crippen molar-refractivity contribution in [2.75, 3.05) is 0 Å². The Bertz CT molecular complexity index is 472. The Morgan fingerprint density at radius 2 is 0.850 bits per heavy atom. The zero-order chi connectivity index (χ0) is 15.6. The second-order valence-electron chi connectivity index (χ2n) is 1.72. The quantitative estimate of drug-likeness (QED) is 0.132. The molecule has 0 aliphatic heterocycles. The molecule has 4 N–H and O–H groups in total. The van der Waals surface area contributed by atoms with Crippen molar-refractivity contribution in [3.63, 3.8) is 0 Å². The Morgan fingerprint density at radius 3 is 0.900 bits per heavy atom. The molecule has 0 aliphatic carbocycles. The standard InChI is InChI=1S/C4H2O4.2K.2H2O4S/c5-3(6)1-2-4(7)8;;;2*1-5(2,3)4/h(H,5,6)(H,7,8);;;2*(H2,1,2,3,4)/q;2*+1;;/p-2. The fraction of sp³-hybridized carbons (Fsp3) is 0. The molecule has 0 aromatic heterocycles. The molecule has 0 saturated carbocycles. The first-order valence-electron chi connectivity index (χ1n) is 2.97. The van der Waals surface area contributed by atoms with E-state index >= 15 is 0 Å².